The van der Waals surface area contributed by atoms with E-state index in [4.69, 9.17) is 16.7 Å². The molecule has 0 aliphatic carbocycles. The summed E-state index contributed by atoms with van der Waals surface area (Å²) in [7, 11) is 0. The van der Waals surface area contributed by atoms with Crippen LogP contribution in [0, 0.1) is 0 Å². The van der Waals surface area contributed by atoms with Crippen LogP contribution in [-0.4, -0.2) is 38.8 Å². The molecule has 0 spiro atoms. The van der Waals surface area contributed by atoms with E-state index >= 15 is 0 Å². The van der Waals surface area contributed by atoms with Gasteiger partial charge in [-0.1, -0.05) is 11.6 Å². The van der Waals surface area contributed by atoms with Gasteiger partial charge < -0.3 is 10.0 Å². The second-order valence-corrected chi connectivity index (χ2v) is 4.27. The Balaban J connectivity index is 2.29. The molecule has 0 unspecified atom stereocenters. The number of carbonyl (C=O) groups is 1. The van der Waals surface area contributed by atoms with Crippen LogP contribution in [0.1, 0.15) is 16.8 Å². The molecule has 1 aliphatic rings. The molecular formula is C10H9ClN4O2. The van der Waals surface area contributed by atoms with Crippen LogP contribution in [0.3, 0.4) is 0 Å². The molecule has 7 heteroatoms. The monoisotopic (exact) mass is 252 g/mol. The summed E-state index contributed by atoms with van der Waals surface area (Å²) in [4.78, 5) is 17.3. The molecule has 3 heterocycles. The minimum Gasteiger partial charge on any atom is -0.478 e. The van der Waals surface area contributed by atoms with E-state index in [1.807, 2.05) is 4.90 Å². The molecule has 17 heavy (non-hydrogen) atoms. The zero-order valence-corrected chi connectivity index (χ0v) is 9.55. The predicted octanol–water partition coefficient (Wildman–Crippen LogP) is 1.29. The highest BCUT2D eigenvalue weighted by Gasteiger charge is 2.25. The third kappa shape index (κ3) is 1.52. The van der Waals surface area contributed by atoms with E-state index < -0.39 is 5.97 Å². The summed E-state index contributed by atoms with van der Waals surface area (Å²) in [5.74, 6) is -0.999. The number of rotatable bonds is 2. The van der Waals surface area contributed by atoms with Gasteiger partial charge in [0.25, 0.3) is 0 Å². The molecular weight excluding hydrogens is 244 g/mol. The van der Waals surface area contributed by atoms with Crippen molar-refractivity contribution in [2.75, 3.05) is 18.0 Å². The fourth-order valence-electron chi connectivity index (χ4n) is 1.90. The lowest BCUT2D eigenvalue weighted by Gasteiger charge is -2.33. The van der Waals surface area contributed by atoms with Crippen molar-refractivity contribution in [3.05, 3.63) is 23.1 Å². The fourth-order valence-corrected chi connectivity index (χ4v) is 2.07. The van der Waals surface area contributed by atoms with Crippen LogP contribution in [-0.2, 0) is 0 Å². The van der Waals surface area contributed by atoms with Crippen molar-refractivity contribution in [2.45, 2.75) is 6.42 Å². The van der Waals surface area contributed by atoms with E-state index in [0.29, 0.717) is 16.5 Å². The molecule has 0 amide bonds. The Labute approximate surface area is 101 Å². The maximum atomic E-state index is 11.2. The maximum Gasteiger partial charge on any atom is 0.339 e. The molecule has 0 bridgehead atoms. The number of hydrogen-bond donors (Lipinski definition) is 1. The summed E-state index contributed by atoms with van der Waals surface area (Å²) in [6.45, 7) is 1.68. The molecule has 1 aliphatic heterocycles. The topological polar surface area (TPSA) is 70.7 Å². The standard InChI is InChI=1S/C10H9ClN4O2/c11-7-5-15-9(13-7)8(14-2-1-3-14)6(4-12-15)10(16)17/h4-5H,1-3H2,(H,16,17). The Morgan fingerprint density at radius 1 is 1.47 bits per heavy atom. The van der Waals surface area contributed by atoms with Crippen LogP contribution in [0.25, 0.3) is 5.65 Å². The van der Waals surface area contributed by atoms with Crippen molar-refractivity contribution in [1.29, 1.82) is 0 Å². The molecule has 88 valence electrons. The maximum absolute atomic E-state index is 11.2. The average molecular weight is 253 g/mol. The molecule has 2 aromatic rings. The van der Waals surface area contributed by atoms with Gasteiger partial charge in [0.15, 0.2) is 5.65 Å². The summed E-state index contributed by atoms with van der Waals surface area (Å²) in [6, 6.07) is 0. The van der Waals surface area contributed by atoms with Crippen molar-refractivity contribution in [3.63, 3.8) is 0 Å². The third-order valence-corrected chi connectivity index (χ3v) is 3.02. The summed E-state index contributed by atoms with van der Waals surface area (Å²) < 4.78 is 1.50. The molecule has 0 radical (unpaired) electrons. The predicted molar refractivity (Wildman–Crippen MR) is 61.8 cm³/mol. The Kier molecular flexibility index (Phi) is 2.19. The van der Waals surface area contributed by atoms with Crippen LogP contribution in [0.15, 0.2) is 12.4 Å². The Bertz CT molecular complexity index is 606. The minimum absolute atomic E-state index is 0.166. The van der Waals surface area contributed by atoms with Gasteiger partial charge >= 0.3 is 5.97 Å². The van der Waals surface area contributed by atoms with Crippen LogP contribution in [0.2, 0.25) is 5.15 Å². The molecule has 1 fully saturated rings. The second-order valence-electron chi connectivity index (χ2n) is 3.88. The zero-order valence-electron chi connectivity index (χ0n) is 8.80. The highest BCUT2D eigenvalue weighted by molar-refractivity contribution is 6.29. The number of imidazole rings is 1. The van der Waals surface area contributed by atoms with Crippen LogP contribution in [0.4, 0.5) is 5.69 Å². The Morgan fingerprint density at radius 3 is 2.82 bits per heavy atom. The van der Waals surface area contributed by atoms with Gasteiger partial charge in [-0.2, -0.15) is 5.10 Å². The molecule has 3 rings (SSSR count). The van der Waals surface area contributed by atoms with Crippen molar-refractivity contribution < 1.29 is 9.90 Å². The molecule has 6 nitrogen and oxygen atoms in total. The van der Waals surface area contributed by atoms with Crippen molar-refractivity contribution >= 4 is 28.9 Å². The summed E-state index contributed by atoms with van der Waals surface area (Å²) >= 11 is 5.81. The summed E-state index contributed by atoms with van der Waals surface area (Å²) in [5.41, 5.74) is 1.26. The first-order chi connectivity index (χ1) is 8.16. The highest BCUT2D eigenvalue weighted by atomic mass is 35.5. The Morgan fingerprint density at radius 2 is 2.24 bits per heavy atom. The number of halogens is 1. The number of fused-ring (bicyclic) bond motifs is 1. The van der Waals surface area contributed by atoms with E-state index in [2.05, 4.69) is 10.1 Å². The molecule has 1 saturated heterocycles. The zero-order chi connectivity index (χ0) is 12.0. The van der Waals surface area contributed by atoms with E-state index in [-0.39, 0.29) is 5.56 Å². The number of carboxylic acids is 1. The third-order valence-electron chi connectivity index (χ3n) is 2.84. The lowest BCUT2D eigenvalue weighted by molar-refractivity contribution is 0.0696. The van der Waals surface area contributed by atoms with Crippen molar-refractivity contribution in [2.24, 2.45) is 0 Å². The molecule has 1 N–H and O–H groups in total. The SMILES string of the molecule is O=C(O)c1cnn2cc(Cl)nc2c1N1CCC1. The van der Waals surface area contributed by atoms with Gasteiger partial charge in [0.05, 0.1) is 18.1 Å². The number of carboxylic acid groups (broad SMARTS) is 1. The highest BCUT2D eigenvalue weighted by Crippen LogP contribution is 2.29. The van der Waals surface area contributed by atoms with Gasteiger partial charge in [-0.3, -0.25) is 0 Å². The van der Waals surface area contributed by atoms with E-state index in [1.165, 1.54) is 10.7 Å². The van der Waals surface area contributed by atoms with Gasteiger partial charge in [-0.05, 0) is 6.42 Å². The van der Waals surface area contributed by atoms with E-state index in [1.54, 1.807) is 6.20 Å². The second kappa shape index (κ2) is 3.59. The van der Waals surface area contributed by atoms with Crippen LogP contribution in [0.5, 0.6) is 0 Å². The fraction of sp³-hybridized carbons (Fsp3) is 0.300. The first-order valence-corrected chi connectivity index (χ1v) is 5.57. The lowest BCUT2D eigenvalue weighted by Crippen LogP contribution is -2.38. The number of hydrogen-bond acceptors (Lipinski definition) is 4. The van der Waals surface area contributed by atoms with Gasteiger partial charge in [0.1, 0.15) is 10.7 Å². The van der Waals surface area contributed by atoms with Gasteiger partial charge in [0, 0.05) is 13.1 Å². The first kappa shape index (κ1) is 10.3. The van der Waals surface area contributed by atoms with Gasteiger partial charge in [-0.25, -0.2) is 14.3 Å². The van der Waals surface area contributed by atoms with Gasteiger partial charge in [0.2, 0.25) is 0 Å². The number of nitrogens with zero attached hydrogens (tertiary/aromatic N) is 4. The molecule has 0 aromatic carbocycles. The largest absolute Gasteiger partial charge is 0.478 e. The quantitative estimate of drug-likeness (QED) is 0.872. The average Bonchev–Trinajstić information content (AvgIpc) is 2.55. The summed E-state index contributed by atoms with van der Waals surface area (Å²) in [5, 5.41) is 13.5. The van der Waals surface area contributed by atoms with E-state index in [9.17, 15) is 4.79 Å². The minimum atomic E-state index is -0.999. The number of aromatic carboxylic acids is 1. The Hall–Kier alpha value is -1.82. The van der Waals surface area contributed by atoms with Crippen LogP contribution < -0.4 is 4.90 Å². The van der Waals surface area contributed by atoms with Gasteiger partial charge in [-0.15, -0.1) is 0 Å². The number of anilines is 1. The van der Waals surface area contributed by atoms with E-state index in [0.717, 1.165) is 19.5 Å². The lowest BCUT2D eigenvalue weighted by atomic mass is 10.1. The molecule has 0 saturated carbocycles. The normalized spacial score (nSPS) is 15.0. The van der Waals surface area contributed by atoms with Crippen molar-refractivity contribution in [3.8, 4) is 0 Å². The first-order valence-electron chi connectivity index (χ1n) is 5.19. The smallest absolute Gasteiger partial charge is 0.339 e. The van der Waals surface area contributed by atoms with Crippen molar-refractivity contribution in [1.82, 2.24) is 14.6 Å². The van der Waals surface area contributed by atoms with Crippen LogP contribution >= 0.6 is 11.6 Å². The number of aromatic nitrogens is 3. The molecule has 0 atom stereocenters. The molecule has 2 aromatic heterocycles. The summed E-state index contributed by atoms with van der Waals surface area (Å²) in [6.07, 6.45) is 3.95.